The minimum atomic E-state index is 0.140. The number of phenols is 1. The largest absolute Gasteiger partial charge is 0.508 e. The van der Waals surface area contributed by atoms with Gasteiger partial charge in [0.05, 0.1) is 12.1 Å². The van der Waals surface area contributed by atoms with Gasteiger partial charge in [-0.05, 0) is 43.5 Å². The molecule has 6 heteroatoms. The number of nitrogens with zero attached hydrogens (tertiary/aromatic N) is 2. The molecule has 25 heavy (non-hydrogen) atoms. The lowest BCUT2D eigenvalue weighted by molar-refractivity contribution is -0.118. The first-order valence-electron chi connectivity index (χ1n) is 8.57. The van der Waals surface area contributed by atoms with E-state index in [-0.39, 0.29) is 17.7 Å². The topological polar surface area (TPSA) is 74.7 Å². The van der Waals surface area contributed by atoms with Gasteiger partial charge in [0, 0.05) is 42.8 Å². The molecule has 1 saturated heterocycles. The van der Waals surface area contributed by atoms with Crippen LogP contribution in [0.2, 0.25) is 0 Å². The summed E-state index contributed by atoms with van der Waals surface area (Å²) < 4.78 is 5.42. The molecule has 0 saturated carbocycles. The van der Waals surface area contributed by atoms with Crippen LogP contribution in [0.5, 0.6) is 5.75 Å². The molecular weight excluding hydrogens is 318 g/mol. The number of ether oxygens (including phenoxy) is 1. The van der Waals surface area contributed by atoms with Crippen molar-refractivity contribution >= 4 is 23.1 Å². The highest BCUT2D eigenvalue weighted by atomic mass is 16.5. The Morgan fingerprint density at radius 1 is 1.28 bits per heavy atom. The van der Waals surface area contributed by atoms with Gasteiger partial charge in [-0.1, -0.05) is 0 Å². The summed E-state index contributed by atoms with van der Waals surface area (Å²) >= 11 is 0. The van der Waals surface area contributed by atoms with Gasteiger partial charge in [-0.25, -0.2) is 4.98 Å². The zero-order valence-electron chi connectivity index (χ0n) is 14.2. The average molecular weight is 339 g/mol. The van der Waals surface area contributed by atoms with Crippen LogP contribution in [0.1, 0.15) is 24.0 Å². The van der Waals surface area contributed by atoms with E-state index in [1.807, 2.05) is 24.0 Å². The lowest BCUT2D eigenvalue weighted by Gasteiger charge is -2.31. The first kappa shape index (κ1) is 15.9. The van der Waals surface area contributed by atoms with Crippen molar-refractivity contribution in [1.29, 1.82) is 0 Å². The third kappa shape index (κ3) is 3.05. The highest BCUT2D eigenvalue weighted by Gasteiger charge is 2.34. The normalized spacial score (nSPS) is 17.6. The maximum Gasteiger partial charge on any atom is 0.231 e. The molecule has 0 atom stereocenters. The van der Waals surface area contributed by atoms with E-state index in [9.17, 15) is 9.90 Å². The number of pyridine rings is 1. The number of hydrogen-bond acceptors (Lipinski definition) is 5. The lowest BCUT2D eigenvalue weighted by Crippen LogP contribution is -2.41. The monoisotopic (exact) mass is 339 g/mol. The molecular formula is C19H21N3O3. The van der Waals surface area contributed by atoms with Crippen LogP contribution < -0.4 is 10.2 Å². The van der Waals surface area contributed by atoms with Gasteiger partial charge in [0.1, 0.15) is 11.6 Å². The van der Waals surface area contributed by atoms with Gasteiger partial charge in [0.2, 0.25) is 5.91 Å². The Bertz CT molecular complexity index is 816. The molecule has 2 aliphatic rings. The van der Waals surface area contributed by atoms with Crippen LogP contribution in [0.3, 0.4) is 0 Å². The molecule has 1 aromatic carbocycles. The molecule has 2 aromatic rings. The Labute approximate surface area is 146 Å². The van der Waals surface area contributed by atoms with Gasteiger partial charge in [0.25, 0.3) is 0 Å². The number of rotatable bonds is 3. The Morgan fingerprint density at radius 3 is 2.84 bits per heavy atom. The number of aromatic nitrogens is 1. The standard InChI is InChI=1S/C19H21N3O3/c1-12-8-15(23)2-3-16(12)21-18-10-17-13(11-20-18)9-19(24)22(17)14-4-6-25-7-5-14/h2-3,8,10-11,14,23H,4-7,9H2,1H3,(H,20,21). The van der Waals surface area contributed by atoms with Crippen LogP contribution in [0.15, 0.2) is 30.5 Å². The van der Waals surface area contributed by atoms with Crippen molar-refractivity contribution in [3.05, 3.63) is 41.6 Å². The Kier molecular flexibility index (Phi) is 4.05. The molecule has 0 unspecified atom stereocenters. The van der Waals surface area contributed by atoms with Gasteiger partial charge in [-0.15, -0.1) is 0 Å². The fraction of sp³-hybridized carbons (Fsp3) is 0.368. The van der Waals surface area contributed by atoms with Gasteiger partial charge in [-0.3, -0.25) is 4.79 Å². The van der Waals surface area contributed by atoms with Crippen molar-refractivity contribution in [2.75, 3.05) is 23.4 Å². The van der Waals surface area contributed by atoms with Crippen LogP contribution >= 0.6 is 0 Å². The zero-order valence-corrected chi connectivity index (χ0v) is 14.2. The molecule has 6 nitrogen and oxygen atoms in total. The molecule has 1 aromatic heterocycles. The number of anilines is 3. The van der Waals surface area contributed by atoms with Crippen molar-refractivity contribution in [3.8, 4) is 5.75 Å². The summed E-state index contributed by atoms with van der Waals surface area (Å²) in [5, 5.41) is 12.8. The first-order valence-corrected chi connectivity index (χ1v) is 8.57. The summed E-state index contributed by atoms with van der Waals surface area (Å²) in [5.74, 6) is 1.07. The van der Waals surface area contributed by atoms with E-state index in [0.29, 0.717) is 25.5 Å². The van der Waals surface area contributed by atoms with Crippen molar-refractivity contribution in [2.24, 2.45) is 0 Å². The second kappa shape index (κ2) is 6.37. The Balaban J connectivity index is 1.62. The Morgan fingerprint density at radius 2 is 2.08 bits per heavy atom. The van der Waals surface area contributed by atoms with E-state index >= 15 is 0 Å². The fourth-order valence-corrected chi connectivity index (χ4v) is 3.55. The molecule has 0 radical (unpaired) electrons. The molecule has 1 amide bonds. The van der Waals surface area contributed by atoms with Gasteiger partial charge in [0.15, 0.2) is 0 Å². The Hall–Kier alpha value is -2.60. The molecule has 1 fully saturated rings. The zero-order chi connectivity index (χ0) is 17.4. The molecule has 3 heterocycles. The van der Waals surface area contributed by atoms with E-state index < -0.39 is 0 Å². The molecule has 0 aliphatic carbocycles. The van der Waals surface area contributed by atoms with E-state index in [4.69, 9.17) is 4.74 Å². The smallest absolute Gasteiger partial charge is 0.231 e. The van der Waals surface area contributed by atoms with Crippen molar-refractivity contribution in [2.45, 2.75) is 32.2 Å². The van der Waals surface area contributed by atoms with E-state index in [0.717, 1.165) is 35.3 Å². The number of hydrogen-bond donors (Lipinski definition) is 2. The minimum absolute atomic E-state index is 0.140. The number of carbonyl (C=O) groups is 1. The highest BCUT2D eigenvalue weighted by molar-refractivity contribution is 6.02. The van der Waals surface area contributed by atoms with Crippen LogP contribution in [-0.2, 0) is 16.0 Å². The van der Waals surface area contributed by atoms with Crippen molar-refractivity contribution in [3.63, 3.8) is 0 Å². The predicted octanol–water partition coefficient (Wildman–Crippen LogP) is 2.91. The molecule has 4 rings (SSSR count). The second-order valence-corrected chi connectivity index (χ2v) is 6.61. The number of amides is 1. The number of aromatic hydroxyl groups is 1. The number of fused-ring (bicyclic) bond motifs is 1. The number of carbonyl (C=O) groups excluding carboxylic acids is 1. The summed E-state index contributed by atoms with van der Waals surface area (Å²) in [5.41, 5.74) is 3.74. The molecule has 130 valence electrons. The summed E-state index contributed by atoms with van der Waals surface area (Å²) in [6.07, 6.45) is 3.93. The van der Waals surface area contributed by atoms with E-state index in [2.05, 4.69) is 10.3 Å². The fourth-order valence-electron chi connectivity index (χ4n) is 3.55. The third-order valence-electron chi connectivity index (χ3n) is 4.86. The van der Waals surface area contributed by atoms with Crippen molar-refractivity contribution in [1.82, 2.24) is 4.98 Å². The maximum atomic E-state index is 12.5. The van der Waals surface area contributed by atoms with E-state index in [1.54, 1.807) is 18.3 Å². The van der Waals surface area contributed by atoms with Crippen LogP contribution in [0, 0.1) is 6.92 Å². The quantitative estimate of drug-likeness (QED) is 0.841. The van der Waals surface area contributed by atoms with E-state index in [1.165, 1.54) is 0 Å². The summed E-state index contributed by atoms with van der Waals surface area (Å²) in [7, 11) is 0. The summed E-state index contributed by atoms with van der Waals surface area (Å²) in [6, 6.07) is 7.31. The molecule has 0 spiro atoms. The van der Waals surface area contributed by atoms with Gasteiger partial charge >= 0.3 is 0 Å². The van der Waals surface area contributed by atoms with Crippen LogP contribution in [0.4, 0.5) is 17.2 Å². The maximum absolute atomic E-state index is 12.5. The van der Waals surface area contributed by atoms with Gasteiger partial charge in [-0.2, -0.15) is 0 Å². The second-order valence-electron chi connectivity index (χ2n) is 6.61. The summed E-state index contributed by atoms with van der Waals surface area (Å²) in [6.45, 7) is 3.33. The van der Waals surface area contributed by atoms with Crippen molar-refractivity contribution < 1.29 is 14.6 Å². The van der Waals surface area contributed by atoms with Crippen LogP contribution in [-0.4, -0.2) is 35.3 Å². The minimum Gasteiger partial charge on any atom is -0.508 e. The number of nitrogens with one attached hydrogen (secondary N) is 1. The third-order valence-corrected chi connectivity index (χ3v) is 4.86. The first-order chi connectivity index (χ1) is 12.1. The molecule has 0 bridgehead atoms. The number of benzene rings is 1. The highest BCUT2D eigenvalue weighted by Crippen LogP contribution is 2.35. The lowest BCUT2D eigenvalue weighted by atomic mass is 10.1. The summed E-state index contributed by atoms with van der Waals surface area (Å²) in [4.78, 5) is 18.9. The SMILES string of the molecule is Cc1cc(O)ccc1Nc1cc2c(cn1)CC(=O)N2C1CCOCC1. The predicted molar refractivity (Wildman–Crippen MR) is 95.4 cm³/mol. The van der Waals surface area contributed by atoms with Crippen LogP contribution in [0.25, 0.3) is 0 Å². The van der Waals surface area contributed by atoms with Gasteiger partial charge < -0.3 is 20.1 Å². The molecule has 2 N–H and O–H groups in total. The number of phenolic OH excluding ortho intramolecular Hbond substituents is 1. The molecule has 2 aliphatic heterocycles. The average Bonchev–Trinajstić information content (AvgIpc) is 2.93. The number of aryl methyl sites for hydroxylation is 1.